The van der Waals surface area contributed by atoms with E-state index < -0.39 is 23.8 Å². The molecule has 1 aromatic rings. The second kappa shape index (κ2) is 5.71. The van der Waals surface area contributed by atoms with Crippen molar-refractivity contribution in [3.8, 4) is 0 Å². The zero-order valence-corrected chi connectivity index (χ0v) is 13.0. The molecule has 0 bridgehead atoms. The Balaban J connectivity index is 2.42. The van der Waals surface area contributed by atoms with Crippen molar-refractivity contribution in [2.75, 3.05) is 4.90 Å². The highest BCUT2D eigenvalue weighted by atomic mass is 16.2. The average molecular weight is 302 g/mol. The van der Waals surface area contributed by atoms with Crippen molar-refractivity contribution >= 4 is 29.3 Å². The predicted octanol–water partition coefficient (Wildman–Crippen LogP) is 1.91. The number of urea groups is 1. The summed E-state index contributed by atoms with van der Waals surface area (Å²) >= 11 is 0. The van der Waals surface area contributed by atoms with Crippen molar-refractivity contribution in [3.05, 3.63) is 29.3 Å². The lowest BCUT2D eigenvalue weighted by atomic mass is 9.96. The number of anilines is 1. The van der Waals surface area contributed by atoms with Crippen LogP contribution in [-0.2, 0) is 14.4 Å². The maximum absolute atomic E-state index is 12.4. The van der Waals surface area contributed by atoms with Crippen LogP contribution in [0.4, 0.5) is 10.5 Å². The summed E-state index contributed by atoms with van der Waals surface area (Å²) in [5, 5.41) is 2.18. The summed E-state index contributed by atoms with van der Waals surface area (Å²) in [6.45, 7) is 6.44. The normalized spacial score (nSPS) is 16.7. The van der Waals surface area contributed by atoms with Crippen molar-refractivity contribution < 1.29 is 19.2 Å². The third-order valence-corrected chi connectivity index (χ3v) is 3.57. The maximum Gasteiger partial charge on any atom is 0.335 e. The topological polar surface area (TPSA) is 83.6 Å². The molecule has 116 valence electrons. The fourth-order valence-electron chi connectivity index (χ4n) is 2.40. The first-order valence-electron chi connectivity index (χ1n) is 7.03. The average Bonchev–Trinajstić information content (AvgIpc) is 2.69. The molecule has 1 unspecified atom stereocenters. The number of benzene rings is 1. The van der Waals surface area contributed by atoms with Gasteiger partial charge in [0.2, 0.25) is 11.8 Å². The molecule has 0 radical (unpaired) electrons. The molecule has 1 N–H and O–H groups in total. The smallest absolute Gasteiger partial charge is 0.299 e. The molecule has 1 atom stereocenters. The van der Waals surface area contributed by atoms with Crippen LogP contribution < -0.4 is 10.2 Å². The van der Waals surface area contributed by atoms with Crippen molar-refractivity contribution in [2.45, 2.75) is 33.6 Å². The van der Waals surface area contributed by atoms with E-state index in [1.54, 1.807) is 32.0 Å². The van der Waals surface area contributed by atoms with Gasteiger partial charge >= 0.3 is 6.03 Å². The number of hydrogen-bond donors (Lipinski definition) is 1. The molecular weight excluding hydrogens is 284 g/mol. The molecule has 0 saturated heterocycles. The van der Waals surface area contributed by atoms with Gasteiger partial charge in [0, 0.05) is 5.92 Å². The van der Waals surface area contributed by atoms with Crippen LogP contribution in [0.25, 0.3) is 0 Å². The van der Waals surface area contributed by atoms with Crippen LogP contribution in [0, 0.1) is 12.8 Å². The van der Waals surface area contributed by atoms with E-state index in [1.165, 1.54) is 6.92 Å². The summed E-state index contributed by atoms with van der Waals surface area (Å²) in [6, 6.07) is 4.26. The van der Waals surface area contributed by atoms with E-state index in [4.69, 9.17) is 0 Å². The van der Waals surface area contributed by atoms with E-state index in [0.717, 1.165) is 10.5 Å². The minimum Gasteiger partial charge on any atom is -0.299 e. The molecule has 1 aromatic carbocycles. The molecular formula is C16H18N2O4. The van der Waals surface area contributed by atoms with E-state index in [9.17, 15) is 19.2 Å². The first-order valence-corrected chi connectivity index (χ1v) is 7.03. The molecule has 4 amide bonds. The highest BCUT2D eigenvalue weighted by Gasteiger charge is 2.43. The molecule has 0 fully saturated rings. The molecule has 0 aromatic heterocycles. The Morgan fingerprint density at radius 1 is 1.23 bits per heavy atom. The number of amides is 4. The van der Waals surface area contributed by atoms with Gasteiger partial charge in [-0.2, -0.15) is 0 Å². The Bertz CT molecular complexity index is 679. The summed E-state index contributed by atoms with van der Waals surface area (Å²) in [5.74, 6) is -2.81. The van der Waals surface area contributed by atoms with Gasteiger partial charge in [0.1, 0.15) is 11.7 Å². The second-order valence-corrected chi connectivity index (χ2v) is 5.73. The van der Waals surface area contributed by atoms with Crippen molar-refractivity contribution in [2.24, 2.45) is 5.92 Å². The molecule has 1 aliphatic rings. The van der Waals surface area contributed by atoms with Gasteiger partial charge in [-0.05, 0) is 25.5 Å². The van der Waals surface area contributed by atoms with Crippen molar-refractivity contribution in [3.63, 3.8) is 0 Å². The molecule has 0 saturated carbocycles. The number of ketones is 1. The number of rotatable bonds is 2. The van der Waals surface area contributed by atoms with Gasteiger partial charge in [0.15, 0.2) is 0 Å². The fraction of sp³-hybridized carbons (Fsp3) is 0.375. The number of nitrogens with zero attached hydrogens (tertiary/aromatic N) is 1. The summed E-state index contributed by atoms with van der Waals surface area (Å²) in [4.78, 5) is 49.0. The Hall–Kier alpha value is -2.50. The Morgan fingerprint density at radius 2 is 1.86 bits per heavy atom. The molecule has 0 spiro atoms. The number of carbonyl (C=O) groups is 4. The van der Waals surface area contributed by atoms with E-state index in [1.807, 2.05) is 6.92 Å². The maximum atomic E-state index is 12.4. The number of fused-ring (bicyclic) bond motifs is 1. The number of hydrogen-bond acceptors (Lipinski definition) is 4. The number of nitrogens with one attached hydrogen (secondary N) is 1. The van der Waals surface area contributed by atoms with E-state index >= 15 is 0 Å². The van der Waals surface area contributed by atoms with Crippen LogP contribution >= 0.6 is 0 Å². The number of imide groups is 2. The molecule has 6 heteroatoms. The molecule has 1 aliphatic heterocycles. The number of aryl methyl sites for hydroxylation is 1. The highest BCUT2D eigenvalue weighted by molar-refractivity contribution is 6.28. The summed E-state index contributed by atoms with van der Waals surface area (Å²) in [7, 11) is 0. The molecule has 0 aliphatic carbocycles. The van der Waals surface area contributed by atoms with Gasteiger partial charge in [-0.25, -0.2) is 9.69 Å². The van der Waals surface area contributed by atoms with Gasteiger partial charge in [-0.3, -0.25) is 19.7 Å². The van der Waals surface area contributed by atoms with Gasteiger partial charge < -0.3 is 0 Å². The van der Waals surface area contributed by atoms with Crippen LogP contribution in [0.3, 0.4) is 0 Å². The molecule has 22 heavy (non-hydrogen) atoms. The summed E-state index contributed by atoms with van der Waals surface area (Å²) in [6.07, 6.45) is 0. The standard InChI is InChI=1S/C16H18N2O4/c1-8(2)14(20)17-16(22)18-12-6-5-9(3)7-11(12)13(10(4)19)15(18)21/h5-8,13H,1-4H3,(H,17,20,22). The van der Waals surface area contributed by atoms with Gasteiger partial charge in [-0.1, -0.05) is 31.5 Å². The Kier molecular flexibility index (Phi) is 4.12. The first kappa shape index (κ1) is 15.9. The number of carbonyl (C=O) groups excluding carboxylic acids is 4. The Morgan fingerprint density at radius 3 is 2.41 bits per heavy atom. The molecule has 1 heterocycles. The van der Waals surface area contributed by atoms with Gasteiger partial charge in [0.05, 0.1) is 5.69 Å². The first-order chi connectivity index (χ1) is 10.2. The minimum absolute atomic E-state index is 0.331. The molecule has 6 nitrogen and oxygen atoms in total. The SMILES string of the molecule is CC(=O)C1C(=O)N(C(=O)NC(=O)C(C)C)c2ccc(C)cc21. The summed E-state index contributed by atoms with van der Waals surface area (Å²) in [5.41, 5.74) is 1.74. The lowest BCUT2D eigenvalue weighted by molar-refractivity contribution is -0.126. The predicted molar refractivity (Wildman–Crippen MR) is 80.5 cm³/mol. The zero-order chi connectivity index (χ0) is 16.6. The van der Waals surface area contributed by atoms with E-state index in [-0.39, 0.29) is 11.7 Å². The monoisotopic (exact) mass is 302 g/mol. The number of Topliss-reactive ketones (excluding diaryl/α,β-unsaturated/α-hetero) is 1. The van der Waals surface area contributed by atoms with Gasteiger partial charge in [-0.15, -0.1) is 0 Å². The Labute approximate surface area is 128 Å². The van der Waals surface area contributed by atoms with Crippen LogP contribution in [0.2, 0.25) is 0 Å². The largest absolute Gasteiger partial charge is 0.335 e. The van der Waals surface area contributed by atoms with Crippen LogP contribution in [0.15, 0.2) is 18.2 Å². The lowest BCUT2D eigenvalue weighted by Gasteiger charge is -2.17. The van der Waals surface area contributed by atoms with Crippen molar-refractivity contribution in [1.82, 2.24) is 5.32 Å². The summed E-state index contributed by atoms with van der Waals surface area (Å²) < 4.78 is 0. The third-order valence-electron chi connectivity index (χ3n) is 3.57. The van der Waals surface area contributed by atoms with E-state index in [0.29, 0.717) is 11.3 Å². The quantitative estimate of drug-likeness (QED) is 0.846. The van der Waals surface area contributed by atoms with Crippen molar-refractivity contribution in [1.29, 1.82) is 0 Å². The fourth-order valence-corrected chi connectivity index (χ4v) is 2.40. The van der Waals surface area contributed by atoms with Crippen LogP contribution in [0.1, 0.15) is 37.8 Å². The minimum atomic E-state index is -0.991. The highest BCUT2D eigenvalue weighted by Crippen LogP contribution is 2.38. The van der Waals surface area contributed by atoms with E-state index in [2.05, 4.69) is 5.32 Å². The zero-order valence-electron chi connectivity index (χ0n) is 13.0. The van der Waals surface area contributed by atoms with Crippen LogP contribution in [-0.4, -0.2) is 23.6 Å². The third kappa shape index (κ3) is 2.64. The van der Waals surface area contributed by atoms with Gasteiger partial charge in [0.25, 0.3) is 0 Å². The second-order valence-electron chi connectivity index (χ2n) is 5.73. The molecule has 2 rings (SSSR count). The lowest BCUT2D eigenvalue weighted by Crippen LogP contribution is -2.46. The van der Waals surface area contributed by atoms with Crippen LogP contribution in [0.5, 0.6) is 0 Å².